The molecule has 0 fully saturated rings. The number of para-hydroxylation sites is 1. The van der Waals surface area contributed by atoms with Gasteiger partial charge in [0, 0.05) is 6.20 Å². The number of halogens is 1. The van der Waals surface area contributed by atoms with E-state index in [1.165, 1.54) is 0 Å². The molecule has 0 aliphatic heterocycles. The minimum absolute atomic E-state index is 0.393. The molecule has 0 spiro atoms. The summed E-state index contributed by atoms with van der Waals surface area (Å²) in [6, 6.07) is 5.51. The van der Waals surface area contributed by atoms with Crippen LogP contribution in [0.1, 0.15) is 0 Å². The highest BCUT2D eigenvalue weighted by atomic mass is 35.5. The fraction of sp³-hybridized carbons (Fsp3) is 0.0833. The number of imidazole rings is 1. The molecule has 0 aliphatic rings. The summed E-state index contributed by atoms with van der Waals surface area (Å²) in [4.78, 5) is 3.96. The van der Waals surface area contributed by atoms with E-state index in [0.717, 1.165) is 5.69 Å². The maximum absolute atomic E-state index is 5.88. The van der Waals surface area contributed by atoms with Crippen LogP contribution in [0.4, 0.5) is 5.69 Å². The second-order valence-corrected chi connectivity index (χ2v) is 3.79. The van der Waals surface area contributed by atoms with E-state index in [1.807, 2.05) is 12.1 Å². The molecule has 5 heteroatoms. The highest BCUT2D eigenvalue weighted by Crippen LogP contribution is 2.30. The van der Waals surface area contributed by atoms with Gasteiger partial charge in [0.15, 0.2) is 5.75 Å². The van der Waals surface area contributed by atoms with Crippen LogP contribution >= 0.6 is 11.6 Å². The van der Waals surface area contributed by atoms with Gasteiger partial charge in [-0.05, 0) is 12.1 Å². The molecule has 0 aliphatic carbocycles. The van der Waals surface area contributed by atoms with Crippen LogP contribution in [-0.4, -0.2) is 16.2 Å². The van der Waals surface area contributed by atoms with Crippen molar-refractivity contribution < 1.29 is 4.74 Å². The molecular formula is C12H12ClN3O. The third kappa shape index (κ3) is 2.42. The number of ether oxygens (including phenoxy) is 1. The molecule has 0 radical (unpaired) electrons. The number of nitrogens with zero attached hydrogens (tertiary/aromatic N) is 2. The number of hydrogen-bond donors (Lipinski definition) is 1. The van der Waals surface area contributed by atoms with Gasteiger partial charge in [-0.15, -0.1) is 0 Å². The van der Waals surface area contributed by atoms with E-state index in [0.29, 0.717) is 23.2 Å². The lowest BCUT2D eigenvalue weighted by atomic mass is 10.2. The van der Waals surface area contributed by atoms with Gasteiger partial charge in [0.2, 0.25) is 0 Å². The quantitative estimate of drug-likeness (QED) is 0.670. The molecule has 1 aromatic carbocycles. The van der Waals surface area contributed by atoms with Crippen LogP contribution < -0.4 is 10.5 Å². The topological polar surface area (TPSA) is 53.1 Å². The number of rotatable bonds is 4. The van der Waals surface area contributed by atoms with Crippen molar-refractivity contribution in [3.05, 3.63) is 48.5 Å². The van der Waals surface area contributed by atoms with Crippen LogP contribution in [0.5, 0.6) is 5.75 Å². The monoisotopic (exact) mass is 249 g/mol. The van der Waals surface area contributed by atoms with Crippen LogP contribution in [-0.2, 0) is 0 Å². The normalized spacial score (nSPS) is 10.2. The molecule has 0 bridgehead atoms. The summed E-state index contributed by atoms with van der Waals surface area (Å²) in [6.07, 6.45) is 4.96. The molecule has 4 nitrogen and oxygen atoms in total. The lowest BCUT2D eigenvalue weighted by Crippen LogP contribution is -2.02. The second kappa shape index (κ2) is 4.93. The van der Waals surface area contributed by atoms with Gasteiger partial charge in [0.1, 0.15) is 18.1 Å². The van der Waals surface area contributed by atoms with Gasteiger partial charge >= 0.3 is 0 Å². The Morgan fingerprint density at radius 1 is 1.53 bits per heavy atom. The highest BCUT2D eigenvalue weighted by Gasteiger charge is 2.09. The Hall–Kier alpha value is -1.94. The van der Waals surface area contributed by atoms with E-state index >= 15 is 0 Å². The van der Waals surface area contributed by atoms with E-state index in [1.54, 1.807) is 29.2 Å². The predicted molar refractivity (Wildman–Crippen MR) is 68.7 cm³/mol. The molecule has 17 heavy (non-hydrogen) atoms. The van der Waals surface area contributed by atoms with E-state index in [9.17, 15) is 0 Å². The van der Waals surface area contributed by atoms with Crippen LogP contribution in [0.3, 0.4) is 0 Å². The smallest absolute Gasteiger partial charge is 0.166 e. The fourth-order valence-corrected chi connectivity index (χ4v) is 1.62. The van der Waals surface area contributed by atoms with E-state index in [-0.39, 0.29) is 0 Å². The van der Waals surface area contributed by atoms with Crippen molar-refractivity contribution in [2.24, 2.45) is 0 Å². The van der Waals surface area contributed by atoms with E-state index < -0.39 is 0 Å². The average Bonchev–Trinajstić information content (AvgIpc) is 2.74. The van der Waals surface area contributed by atoms with Gasteiger partial charge in [0.05, 0.1) is 11.4 Å². The minimum Gasteiger partial charge on any atom is -0.485 e. The zero-order chi connectivity index (χ0) is 12.3. The van der Waals surface area contributed by atoms with Crippen LogP contribution in [0, 0.1) is 0 Å². The standard InChI is InChI=1S/C12H12ClN3O/c1-2-6-17-12-9(14)4-3-5-10(12)16-7-11(13)15-8-16/h2-5,7-8H,1,6,14H2. The number of anilines is 1. The van der Waals surface area contributed by atoms with Crippen molar-refractivity contribution >= 4 is 17.3 Å². The molecule has 2 aromatic rings. The van der Waals surface area contributed by atoms with Gasteiger partial charge in [0.25, 0.3) is 0 Å². The zero-order valence-electron chi connectivity index (χ0n) is 9.14. The molecular weight excluding hydrogens is 238 g/mol. The molecule has 88 valence electrons. The Kier molecular flexibility index (Phi) is 3.35. The molecule has 0 unspecified atom stereocenters. The first kappa shape index (κ1) is 11.5. The van der Waals surface area contributed by atoms with E-state index in [4.69, 9.17) is 22.1 Å². The number of nitrogens with two attached hydrogens (primary N) is 1. The summed E-state index contributed by atoms with van der Waals surface area (Å²) < 4.78 is 7.31. The van der Waals surface area contributed by atoms with Crippen molar-refractivity contribution in [2.45, 2.75) is 0 Å². The lowest BCUT2D eigenvalue weighted by molar-refractivity contribution is 0.364. The van der Waals surface area contributed by atoms with Crippen molar-refractivity contribution in [2.75, 3.05) is 12.3 Å². The largest absolute Gasteiger partial charge is 0.485 e. The van der Waals surface area contributed by atoms with Gasteiger partial charge < -0.3 is 15.0 Å². The Morgan fingerprint density at radius 3 is 3.00 bits per heavy atom. The third-order valence-electron chi connectivity index (χ3n) is 2.20. The third-order valence-corrected chi connectivity index (χ3v) is 2.39. The molecule has 1 aromatic heterocycles. The number of aromatic nitrogens is 2. The molecule has 0 amide bonds. The maximum Gasteiger partial charge on any atom is 0.166 e. The van der Waals surface area contributed by atoms with Crippen molar-refractivity contribution in [3.8, 4) is 11.4 Å². The summed E-state index contributed by atoms with van der Waals surface area (Å²) in [7, 11) is 0. The zero-order valence-corrected chi connectivity index (χ0v) is 9.89. The Morgan fingerprint density at radius 2 is 2.35 bits per heavy atom. The lowest BCUT2D eigenvalue weighted by Gasteiger charge is -2.12. The van der Waals surface area contributed by atoms with Gasteiger partial charge in [-0.2, -0.15) is 0 Å². The van der Waals surface area contributed by atoms with Crippen LogP contribution in [0.2, 0.25) is 5.15 Å². The molecule has 1 heterocycles. The molecule has 0 saturated carbocycles. The first-order valence-electron chi connectivity index (χ1n) is 5.04. The van der Waals surface area contributed by atoms with Gasteiger partial charge in [-0.1, -0.05) is 30.3 Å². The molecule has 2 N–H and O–H groups in total. The predicted octanol–water partition coefficient (Wildman–Crippen LogP) is 2.67. The molecule has 2 rings (SSSR count). The van der Waals surface area contributed by atoms with E-state index in [2.05, 4.69) is 11.6 Å². The van der Waals surface area contributed by atoms with Crippen LogP contribution in [0.25, 0.3) is 5.69 Å². The summed E-state index contributed by atoms with van der Waals surface area (Å²) in [5, 5.41) is 0.419. The minimum atomic E-state index is 0.393. The fourth-order valence-electron chi connectivity index (χ4n) is 1.48. The van der Waals surface area contributed by atoms with Crippen molar-refractivity contribution in [3.63, 3.8) is 0 Å². The number of benzene rings is 1. The average molecular weight is 250 g/mol. The highest BCUT2D eigenvalue weighted by molar-refractivity contribution is 6.29. The first-order valence-corrected chi connectivity index (χ1v) is 5.42. The summed E-state index contributed by atoms with van der Waals surface area (Å²) in [6.45, 7) is 4.00. The Bertz CT molecular complexity index is 536. The Balaban J connectivity index is 2.45. The molecule has 0 saturated heterocycles. The van der Waals surface area contributed by atoms with Crippen LogP contribution in [0.15, 0.2) is 43.4 Å². The summed E-state index contributed by atoms with van der Waals surface area (Å²) in [5.74, 6) is 0.599. The van der Waals surface area contributed by atoms with Gasteiger partial charge in [-0.25, -0.2) is 4.98 Å². The van der Waals surface area contributed by atoms with Gasteiger partial charge in [-0.3, -0.25) is 0 Å². The number of nitrogen functional groups attached to an aromatic ring is 1. The van der Waals surface area contributed by atoms with Crippen molar-refractivity contribution in [1.82, 2.24) is 9.55 Å². The number of hydrogen-bond acceptors (Lipinski definition) is 3. The summed E-state index contributed by atoms with van der Waals surface area (Å²) >= 11 is 5.79. The first-order chi connectivity index (χ1) is 8.22. The Labute approximate surface area is 104 Å². The van der Waals surface area contributed by atoms with Crippen molar-refractivity contribution in [1.29, 1.82) is 0 Å². The maximum atomic E-state index is 5.88. The SMILES string of the molecule is C=CCOc1c(N)cccc1-n1cnc(Cl)c1. The molecule has 0 atom stereocenters. The second-order valence-electron chi connectivity index (χ2n) is 3.40. The summed E-state index contributed by atoms with van der Waals surface area (Å²) in [5.41, 5.74) is 7.24.